The van der Waals surface area contributed by atoms with Crippen LogP contribution < -0.4 is 19.5 Å². The predicted molar refractivity (Wildman–Crippen MR) is 203 cm³/mol. The van der Waals surface area contributed by atoms with Crippen LogP contribution in [0.25, 0.3) is 11.1 Å². The van der Waals surface area contributed by atoms with E-state index < -0.39 is 18.6 Å². The summed E-state index contributed by atoms with van der Waals surface area (Å²) < 4.78 is 19.0. The molecule has 0 radical (unpaired) electrons. The Labute approximate surface area is 316 Å². The van der Waals surface area contributed by atoms with Crippen molar-refractivity contribution in [1.82, 2.24) is 15.2 Å². The number of aliphatic hydroxyl groups is 1. The van der Waals surface area contributed by atoms with Gasteiger partial charge in [0.25, 0.3) is 0 Å². The summed E-state index contributed by atoms with van der Waals surface area (Å²) in [5.74, 6) is 1.11. The van der Waals surface area contributed by atoms with Crippen LogP contribution in [0.15, 0.2) is 67.0 Å². The van der Waals surface area contributed by atoms with Crippen LogP contribution in [0.1, 0.15) is 65.5 Å². The van der Waals surface area contributed by atoms with E-state index >= 15 is 0 Å². The first-order chi connectivity index (χ1) is 25.7. The molecule has 2 aliphatic heterocycles. The van der Waals surface area contributed by atoms with Gasteiger partial charge in [0, 0.05) is 48.1 Å². The zero-order chi connectivity index (χ0) is 37.3. The quantitative estimate of drug-likeness (QED) is 0.115. The third-order valence-corrected chi connectivity index (χ3v) is 10.8. The number of aliphatic hydroxyl groups excluding tert-OH is 1. The van der Waals surface area contributed by atoms with E-state index in [1.807, 2.05) is 12.1 Å². The maximum Gasteiger partial charge on any atom is 0.323 e. The fraction of sp³-hybridized carbons (Fsp3) is 0.405. The first-order valence-corrected chi connectivity index (χ1v) is 18.7. The van der Waals surface area contributed by atoms with Crippen LogP contribution in [0, 0.1) is 31.1 Å². The molecule has 4 aromatic rings. The third-order valence-electron chi connectivity index (χ3n) is 10.5. The summed E-state index contributed by atoms with van der Waals surface area (Å²) in [5.41, 5.74) is 7.06. The predicted octanol–water partition coefficient (Wildman–Crippen LogP) is 7.23. The summed E-state index contributed by atoms with van der Waals surface area (Å²) in [6, 6.07) is 19.0. The second kappa shape index (κ2) is 17.9. The van der Waals surface area contributed by atoms with Gasteiger partial charge < -0.3 is 24.4 Å². The topological polar surface area (TPSA) is 137 Å². The molecule has 3 atom stereocenters. The van der Waals surface area contributed by atoms with Gasteiger partial charge in [-0.15, -0.1) is 0 Å². The summed E-state index contributed by atoms with van der Waals surface area (Å²) in [6.07, 6.45) is 9.44. The Kier molecular flexibility index (Phi) is 12.9. The van der Waals surface area contributed by atoms with Crippen LogP contribution in [0.5, 0.6) is 17.2 Å². The highest BCUT2D eigenvalue weighted by molar-refractivity contribution is 6.32. The van der Waals surface area contributed by atoms with Crippen molar-refractivity contribution in [3.8, 4) is 34.4 Å². The number of nitrogens with zero attached hydrogens (tertiary/aromatic N) is 3. The molecule has 3 heterocycles. The number of ether oxygens (including phenoxy) is 3. The van der Waals surface area contributed by atoms with Crippen molar-refractivity contribution in [3.05, 3.63) is 105 Å². The number of rotatable bonds is 15. The van der Waals surface area contributed by atoms with Gasteiger partial charge >= 0.3 is 5.97 Å². The number of pyridine rings is 1. The number of nitrogens with one attached hydrogen (secondary N) is 1. The number of fused-ring (bicyclic) bond motifs is 1. The number of benzene rings is 3. The molecule has 278 valence electrons. The van der Waals surface area contributed by atoms with E-state index in [9.17, 15) is 20.3 Å². The molecule has 3 aromatic carbocycles. The summed E-state index contributed by atoms with van der Waals surface area (Å²) in [4.78, 5) is 18.3. The van der Waals surface area contributed by atoms with Gasteiger partial charge in [0.1, 0.15) is 42.6 Å². The number of carbonyl (C=O) groups is 1. The first-order valence-electron chi connectivity index (χ1n) is 18.3. The van der Waals surface area contributed by atoms with Gasteiger partial charge in [-0.2, -0.15) is 5.26 Å². The highest BCUT2D eigenvalue weighted by Gasteiger charge is 2.33. The fourth-order valence-corrected chi connectivity index (χ4v) is 7.77. The number of halogens is 1. The highest BCUT2D eigenvalue weighted by atomic mass is 35.5. The standard InChI is InChI=1S/C42H47ClN4O6/c1-27-31(8-5-10-34(27)35-11-6-13-39(28(35)2)52-26-32-9-7-15-47-14-4-3-12-38(32)47)25-53-41-18-40(51-24-30-16-29(19-44)20-45-21-30)33(17-36(41)43)22-46-37(23-48)42(49)50/h5-6,8,10-11,13,16-18,20-21,32,37-38,46,48H,3-4,7,9,12,14-15,22-26H2,1-2H3,(H,49,50)/t32-,37?,38+/m0/s1. The maximum atomic E-state index is 11.5. The lowest BCUT2D eigenvalue weighted by molar-refractivity contribution is -0.140. The lowest BCUT2D eigenvalue weighted by atomic mass is 9.84. The molecule has 2 fully saturated rings. The first kappa shape index (κ1) is 38.1. The minimum Gasteiger partial charge on any atom is -0.493 e. The molecule has 10 nitrogen and oxygen atoms in total. The molecule has 2 aliphatic rings. The number of carboxylic acid groups (broad SMARTS) is 1. The molecule has 1 unspecified atom stereocenters. The van der Waals surface area contributed by atoms with Crippen LogP contribution in [-0.2, 0) is 24.6 Å². The largest absolute Gasteiger partial charge is 0.493 e. The molecule has 0 amide bonds. The summed E-state index contributed by atoms with van der Waals surface area (Å²) in [5, 5.41) is 31.3. The van der Waals surface area contributed by atoms with E-state index in [-0.39, 0.29) is 19.8 Å². The molecule has 0 bridgehead atoms. The lowest BCUT2D eigenvalue weighted by Crippen LogP contribution is -2.49. The minimum atomic E-state index is -1.18. The Balaban J connectivity index is 1.18. The van der Waals surface area contributed by atoms with Gasteiger partial charge in [0.05, 0.1) is 23.8 Å². The number of nitriles is 1. The van der Waals surface area contributed by atoms with Gasteiger partial charge in [-0.3, -0.25) is 20.0 Å². The second-order valence-electron chi connectivity index (χ2n) is 13.9. The van der Waals surface area contributed by atoms with Gasteiger partial charge in [-0.25, -0.2) is 0 Å². The average Bonchev–Trinajstić information content (AvgIpc) is 3.17. The number of aliphatic carboxylic acids is 1. The summed E-state index contributed by atoms with van der Waals surface area (Å²) in [6.45, 7) is 7.22. The molecule has 0 aliphatic carbocycles. The smallest absolute Gasteiger partial charge is 0.323 e. The number of hydrogen-bond acceptors (Lipinski definition) is 9. The van der Waals surface area contributed by atoms with Crippen LogP contribution in [0.2, 0.25) is 5.02 Å². The number of piperidine rings is 2. The van der Waals surface area contributed by atoms with E-state index in [4.69, 9.17) is 25.8 Å². The monoisotopic (exact) mass is 738 g/mol. The van der Waals surface area contributed by atoms with Gasteiger partial charge in [0.2, 0.25) is 0 Å². The minimum absolute atomic E-state index is 0.0618. The molecule has 3 N–H and O–H groups in total. The normalized spacial score (nSPS) is 17.7. The third kappa shape index (κ3) is 9.29. The van der Waals surface area contributed by atoms with Crippen LogP contribution >= 0.6 is 11.6 Å². The van der Waals surface area contributed by atoms with Crippen molar-refractivity contribution in [3.63, 3.8) is 0 Å². The Hall–Kier alpha value is -4.66. The second-order valence-corrected chi connectivity index (χ2v) is 14.4. The number of hydrogen-bond donors (Lipinski definition) is 3. The van der Waals surface area contributed by atoms with E-state index in [0.717, 1.165) is 40.2 Å². The molecule has 53 heavy (non-hydrogen) atoms. The zero-order valence-electron chi connectivity index (χ0n) is 30.3. The Morgan fingerprint density at radius 2 is 1.72 bits per heavy atom. The van der Waals surface area contributed by atoms with Crippen molar-refractivity contribution in [2.24, 2.45) is 5.92 Å². The van der Waals surface area contributed by atoms with Gasteiger partial charge in [-0.05, 0) is 98.6 Å². The number of aromatic nitrogens is 1. The van der Waals surface area contributed by atoms with Crippen molar-refractivity contribution in [2.75, 3.05) is 26.3 Å². The Morgan fingerprint density at radius 1 is 0.943 bits per heavy atom. The zero-order valence-corrected chi connectivity index (χ0v) is 31.1. The average molecular weight is 739 g/mol. The van der Waals surface area contributed by atoms with Gasteiger partial charge in [-0.1, -0.05) is 48.4 Å². The molecular weight excluding hydrogens is 692 g/mol. The van der Waals surface area contributed by atoms with Crippen LogP contribution in [0.3, 0.4) is 0 Å². The number of carboxylic acids is 1. The SMILES string of the molecule is Cc1c(COc2cc(OCc3cncc(C#N)c3)c(CNC(CO)C(=O)O)cc2Cl)cccc1-c1cccc(OC[C@@H]2CCCN3CCCC[C@H]23)c1C. The van der Waals surface area contributed by atoms with Crippen LogP contribution in [-0.4, -0.2) is 64.5 Å². The van der Waals surface area contributed by atoms with Crippen molar-refractivity contribution in [2.45, 2.75) is 77.8 Å². The van der Waals surface area contributed by atoms with Crippen molar-refractivity contribution < 1.29 is 29.2 Å². The summed E-state index contributed by atoms with van der Waals surface area (Å²) >= 11 is 6.73. The molecule has 0 saturated carbocycles. The molecule has 1 aromatic heterocycles. The van der Waals surface area contributed by atoms with E-state index in [0.29, 0.717) is 45.2 Å². The van der Waals surface area contributed by atoms with E-state index in [1.54, 1.807) is 24.4 Å². The lowest BCUT2D eigenvalue weighted by Gasteiger charge is -2.44. The highest BCUT2D eigenvalue weighted by Crippen LogP contribution is 2.37. The maximum absolute atomic E-state index is 11.5. The molecular formula is C42H47ClN4O6. The Bertz CT molecular complexity index is 1950. The van der Waals surface area contributed by atoms with Crippen molar-refractivity contribution in [1.29, 1.82) is 5.26 Å². The molecule has 11 heteroatoms. The molecule has 2 saturated heterocycles. The van der Waals surface area contributed by atoms with E-state index in [1.165, 1.54) is 51.4 Å². The fourth-order valence-electron chi connectivity index (χ4n) is 7.53. The van der Waals surface area contributed by atoms with Gasteiger partial charge in [0.15, 0.2) is 0 Å². The summed E-state index contributed by atoms with van der Waals surface area (Å²) in [7, 11) is 0. The Morgan fingerprint density at radius 3 is 2.51 bits per heavy atom. The molecule has 0 spiro atoms. The van der Waals surface area contributed by atoms with Crippen LogP contribution in [0.4, 0.5) is 0 Å². The van der Waals surface area contributed by atoms with E-state index in [2.05, 4.69) is 59.4 Å². The molecule has 6 rings (SSSR count). The van der Waals surface area contributed by atoms with Crippen molar-refractivity contribution >= 4 is 17.6 Å².